The van der Waals surface area contributed by atoms with Crippen molar-refractivity contribution in [2.24, 2.45) is 0 Å². The van der Waals surface area contributed by atoms with Gasteiger partial charge in [-0.1, -0.05) is 54.1 Å². The molecule has 3 rings (SSSR count). The molecule has 0 spiro atoms. The summed E-state index contributed by atoms with van der Waals surface area (Å²) in [6.07, 6.45) is 0.374. The molecule has 0 radical (unpaired) electrons. The molecule has 0 heterocycles. The third-order valence-corrected chi connectivity index (χ3v) is 4.22. The predicted molar refractivity (Wildman–Crippen MR) is 104 cm³/mol. The molecule has 3 aromatic rings. The van der Waals surface area contributed by atoms with Crippen molar-refractivity contribution in [1.82, 2.24) is 5.32 Å². The molecule has 0 aliphatic carbocycles. The summed E-state index contributed by atoms with van der Waals surface area (Å²) in [4.78, 5) is 12.1. The average Bonchev–Trinajstić information content (AvgIpc) is 2.68. The van der Waals surface area contributed by atoms with Gasteiger partial charge in [0, 0.05) is 6.54 Å². The van der Waals surface area contributed by atoms with Crippen LogP contribution in [0.2, 0.25) is 0 Å². The molecule has 27 heavy (non-hydrogen) atoms. The van der Waals surface area contributed by atoms with Crippen molar-refractivity contribution in [3.63, 3.8) is 0 Å². The van der Waals surface area contributed by atoms with Crippen LogP contribution < -0.4 is 10.1 Å². The maximum absolute atomic E-state index is 12.9. The fourth-order valence-corrected chi connectivity index (χ4v) is 2.61. The summed E-state index contributed by atoms with van der Waals surface area (Å²) in [6.45, 7) is 2.88. The van der Waals surface area contributed by atoms with Crippen molar-refractivity contribution in [1.29, 1.82) is 0 Å². The molecular weight excluding hydrogens is 341 g/mol. The number of rotatable bonds is 7. The lowest BCUT2D eigenvalue weighted by atomic mass is 10.1. The highest BCUT2D eigenvalue weighted by Crippen LogP contribution is 2.14. The Morgan fingerprint density at radius 3 is 2.11 bits per heavy atom. The molecule has 1 amide bonds. The molecule has 1 N–H and O–H groups in total. The summed E-state index contributed by atoms with van der Waals surface area (Å²) in [7, 11) is 0. The molecule has 0 bridgehead atoms. The monoisotopic (exact) mass is 363 g/mol. The Hall–Kier alpha value is -3.14. The zero-order valence-electron chi connectivity index (χ0n) is 15.2. The van der Waals surface area contributed by atoms with Crippen molar-refractivity contribution in [3.05, 3.63) is 101 Å². The lowest BCUT2D eigenvalue weighted by Gasteiger charge is -2.09. The van der Waals surface area contributed by atoms with Crippen LogP contribution in [0.25, 0.3) is 0 Å². The highest BCUT2D eigenvalue weighted by atomic mass is 19.1. The number of nitrogens with one attached hydrogen (secondary N) is 1. The molecule has 4 heteroatoms. The summed E-state index contributed by atoms with van der Waals surface area (Å²) in [5.74, 6) is 0.470. The van der Waals surface area contributed by atoms with E-state index in [0.29, 0.717) is 19.6 Å². The smallest absolute Gasteiger partial charge is 0.224 e. The number of benzene rings is 3. The van der Waals surface area contributed by atoms with E-state index >= 15 is 0 Å². The molecule has 0 saturated heterocycles. The second-order valence-electron chi connectivity index (χ2n) is 6.50. The lowest BCUT2D eigenvalue weighted by Crippen LogP contribution is -2.24. The highest BCUT2D eigenvalue weighted by Gasteiger charge is 2.04. The zero-order chi connectivity index (χ0) is 19.1. The Morgan fingerprint density at radius 2 is 1.44 bits per heavy atom. The fourth-order valence-electron chi connectivity index (χ4n) is 2.61. The number of amides is 1. The second kappa shape index (κ2) is 8.99. The van der Waals surface area contributed by atoms with E-state index in [1.165, 1.54) is 17.7 Å². The third-order valence-electron chi connectivity index (χ3n) is 4.22. The van der Waals surface area contributed by atoms with Gasteiger partial charge in [0.15, 0.2) is 0 Å². The van der Waals surface area contributed by atoms with Crippen LogP contribution in [0.3, 0.4) is 0 Å². The molecule has 3 nitrogen and oxygen atoms in total. The fraction of sp³-hybridized carbons (Fsp3) is 0.174. The van der Waals surface area contributed by atoms with Crippen LogP contribution in [-0.4, -0.2) is 5.91 Å². The largest absolute Gasteiger partial charge is 0.489 e. The van der Waals surface area contributed by atoms with Crippen molar-refractivity contribution >= 4 is 5.91 Å². The van der Waals surface area contributed by atoms with Gasteiger partial charge >= 0.3 is 0 Å². The minimum atomic E-state index is -0.257. The molecule has 0 aliphatic heterocycles. The summed E-state index contributed by atoms with van der Waals surface area (Å²) in [5, 5.41) is 2.93. The third kappa shape index (κ3) is 5.96. The number of hydrogen-bond donors (Lipinski definition) is 1. The van der Waals surface area contributed by atoms with Crippen LogP contribution in [0.1, 0.15) is 22.3 Å². The summed E-state index contributed by atoms with van der Waals surface area (Å²) in [6, 6.07) is 21.8. The molecule has 138 valence electrons. The van der Waals surface area contributed by atoms with Crippen LogP contribution in [0.15, 0.2) is 72.8 Å². The van der Waals surface area contributed by atoms with Crippen LogP contribution in [0.5, 0.6) is 5.75 Å². The van der Waals surface area contributed by atoms with E-state index in [0.717, 1.165) is 22.4 Å². The van der Waals surface area contributed by atoms with E-state index in [1.807, 2.05) is 55.5 Å². The van der Waals surface area contributed by atoms with E-state index in [1.54, 1.807) is 12.1 Å². The van der Waals surface area contributed by atoms with Crippen LogP contribution in [0.4, 0.5) is 4.39 Å². The average molecular weight is 363 g/mol. The lowest BCUT2D eigenvalue weighted by molar-refractivity contribution is -0.120. The van der Waals surface area contributed by atoms with Crippen LogP contribution in [-0.2, 0) is 24.4 Å². The van der Waals surface area contributed by atoms with Crippen LogP contribution >= 0.6 is 0 Å². The SMILES string of the molecule is Cc1ccc(CC(=O)NCc2ccc(OCc3ccc(F)cc3)cc2)cc1. The van der Waals surface area contributed by atoms with Gasteiger partial charge < -0.3 is 10.1 Å². The first kappa shape index (κ1) is 18.6. The number of halogens is 1. The maximum atomic E-state index is 12.9. The van der Waals surface area contributed by atoms with Crippen molar-refractivity contribution < 1.29 is 13.9 Å². The molecule has 0 saturated carbocycles. The number of aryl methyl sites for hydroxylation is 1. The maximum Gasteiger partial charge on any atom is 0.224 e. The van der Waals surface area contributed by atoms with Gasteiger partial charge in [-0.15, -0.1) is 0 Å². The normalized spacial score (nSPS) is 10.4. The number of carbonyl (C=O) groups is 1. The van der Waals surface area contributed by atoms with Gasteiger partial charge in [-0.3, -0.25) is 4.79 Å². The summed E-state index contributed by atoms with van der Waals surface area (Å²) in [5.41, 5.74) is 4.09. The molecule has 3 aromatic carbocycles. The van der Waals surface area contributed by atoms with E-state index in [4.69, 9.17) is 4.74 Å². The summed E-state index contributed by atoms with van der Waals surface area (Å²) >= 11 is 0. The van der Waals surface area contributed by atoms with E-state index in [2.05, 4.69) is 5.32 Å². The second-order valence-corrected chi connectivity index (χ2v) is 6.50. The van der Waals surface area contributed by atoms with Gasteiger partial charge in [-0.05, 0) is 47.9 Å². The topological polar surface area (TPSA) is 38.3 Å². The first-order chi connectivity index (χ1) is 13.1. The molecule has 0 aliphatic rings. The van der Waals surface area contributed by atoms with Gasteiger partial charge in [0.2, 0.25) is 5.91 Å². The Balaban J connectivity index is 1.45. The van der Waals surface area contributed by atoms with Gasteiger partial charge in [0.05, 0.1) is 6.42 Å². The molecule has 0 aromatic heterocycles. The standard InChI is InChI=1S/C23H22FNO2/c1-17-2-4-18(5-3-17)14-23(26)25-15-19-8-12-22(13-9-19)27-16-20-6-10-21(24)11-7-20/h2-13H,14-16H2,1H3,(H,25,26). The quantitative estimate of drug-likeness (QED) is 0.668. The minimum Gasteiger partial charge on any atom is -0.489 e. The molecule has 0 fully saturated rings. The zero-order valence-corrected chi connectivity index (χ0v) is 15.2. The van der Waals surface area contributed by atoms with E-state index < -0.39 is 0 Å². The molecule has 0 unspecified atom stereocenters. The molecule has 0 atom stereocenters. The van der Waals surface area contributed by atoms with Gasteiger partial charge in [-0.2, -0.15) is 0 Å². The minimum absolute atomic E-state index is 0.00418. The van der Waals surface area contributed by atoms with Crippen molar-refractivity contribution in [3.8, 4) is 5.75 Å². The first-order valence-electron chi connectivity index (χ1n) is 8.87. The van der Waals surface area contributed by atoms with E-state index in [9.17, 15) is 9.18 Å². The van der Waals surface area contributed by atoms with Gasteiger partial charge in [-0.25, -0.2) is 4.39 Å². The van der Waals surface area contributed by atoms with Crippen molar-refractivity contribution in [2.75, 3.05) is 0 Å². The number of ether oxygens (including phenoxy) is 1. The van der Waals surface area contributed by atoms with Crippen LogP contribution in [0, 0.1) is 12.7 Å². The first-order valence-corrected chi connectivity index (χ1v) is 8.87. The Bertz CT molecular complexity index is 872. The van der Waals surface area contributed by atoms with Gasteiger partial charge in [0.1, 0.15) is 18.2 Å². The Kier molecular flexibility index (Phi) is 6.21. The van der Waals surface area contributed by atoms with Gasteiger partial charge in [0.25, 0.3) is 0 Å². The number of hydrogen-bond acceptors (Lipinski definition) is 2. The Morgan fingerprint density at radius 1 is 0.852 bits per heavy atom. The van der Waals surface area contributed by atoms with E-state index in [-0.39, 0.29) is 11.7 Å². The molecular formula is C23H22FNO2. The Labute approximate surface area is 158 Å². The van der Waals surface area contributed by atoms with Crippen molar-refractivity contribution in [2.45, 2.75) is 26.5 Å². The highest BCUT2D eigenvalue weighted by molar-refractivity contribution is 5.78. The number of carbonyl (C=O) groups excluding carboxylic acids is 1. The summed E-state index contributed by atoms with van der Waals surface area (Å²) < 4.78 is 18.6. The predicted octanol–water partition coefficient (Wildman–Crippen LogP) is 4.57.